The molecule has 0 amide bonds. The number of ether oxygens (including phenoxy) is 1. The van der Waals surface area contributed by atoms with Gasteiger partial charge in [-0.2, -0.15) is 13.2 Å². The van der Waals surface area contributed by atoms with Crippen molar-refractivity contribution in [1.29, 1.82) is 0 Å². The Hall–Kier alpha value is -4.11. The van der Waals surface area contributed by atoms with Gasteiger partial charge in [0.2, 0.25) is 5.82 Å². The Balaban J connectivity index is 0.000000325. The summed E-state index contributed by atoms with van der Waals surface area (Å²) in [5.41, 5.74) is 2.50. The lowest BCUT2D eigenvalue weighted by atomic mass is 9.91. The lowest BCUT2D eigenvalue weighted by Gasteiger charge is -2.28. The van der Waals surface area contributed by atoms with E-state index >= 15 is 0 Å². The first-order valence-corrected chi connectivity index (χ1v) is 17.0. The molecule has 0 aliphatic carbocycles. The van der Waals surface area contributed by atoms with Gasteiger partial charge in [-0.1, -0.05) is 35.1 Å². The molecule has 7 rings (SSSR count). The number of aliphatic carboxylic acids is 1. The molecule has 13 nitrogen and oxygen atoms in total. The summed E-state index contributed by atoms with van der Waals surface area (Å²) in [6, 6.07) is 8.90. The summed E-state index contributed by atoms with van der Waals surface area (Å²) in [5, 5.41) is 27.8. The highest BCUT2D eigenvalue weighted by Gasteiger charge is 2.44. The van der Waals surface area contributed by atoms with E-state index in [-0.39, 0.29) is 49.2 Å². The van der Waals surface area contributed by atoms with E-state index in [1.165, 1.54) is 11.3 Å². The van der Waals surface area contributed by atoms with E-state index < -0.39 is 36.0 Å². The van der Waals surface area contributed by atoms with Crippen LogP contribution >= 0.6 is 35.3 Å². The van der Waals surface area contributed by atoms with Gasteiger partial charge < -0.3 is 24.6 Å². The van der Waals surface area contributed by atoms with Gasteiger partial charge >= 0.3 is 24.3 Å². The number of hydrogen-bond acceptors (Lipinski definition) is 10. The summed E-state index contributed by atoms with van der Waals surface area (Å²) in [6.45, 7) is 8.70. The Morgan fingerprint density at radius 2 is 1.77 bits per heavy atom. The number of nitrogens with zero attached hydrogens (tertiary/aromatic N) is 9. The summed E-state index contributed by atoms with van der Waals surface area (Å²) < 4.78 is 85.4. The number of aryl methyl sites for hydroxylation is 1. The molecule has 2 N–H and O–H groups in total. The Bertz CT molecular complexity index is 2110. The first kappa shape index (κ1) is 40.1. The Labute approximate surface area is 312 Å². The van der Waals surface area contributed by atoms with Gasteiger partial charge in [-0.25, -0.2) is 9.78 Å². The highest BCUT2D eigenvalue weighted by molar-refractivity contribution is 7.22. The molecule has 53 heavy (non-hydrogen) atoms. The number of halogens is 8. The number of alkyl halides is 6. The van der Waals surface area contributed by atoms with Crippen LogP contribution < -0.4 is 14.9 Å². The second-order valence-electron chi connectivity index (χ2n) is 13.0. The third kappa shape index (κ3) is 8.51. The number of nitrogens with one attached hydrogen (secondary N) is 1. The van der Waals surface area contributed by atoms with Crippen LogP contribution in [-0.2, 0) is 48.2 Å². The van der Waals surface area contributed by atoms with E-state index in [2.05, 4.69) is 25.8 Å². The van der Waals surface area contributed by atoms with E-state index in [0.29, 0.717) is 51.3 Å². The lowest BCUT2D eigenvalue weighted by Crippen LogP contribution is -2.57. The zero-order valence-corrected chi connectivity index (χ0v) is 30.8. The minimum absolute atomic E-state index is 0. The molecule has 286 valence electrons. The third-order valence-electron chi connectivity index (χ3n) is 8.07. The Kier molecular flexibility index (Phi) is 11.3. The number of anilines is 1. The van der Waals surface area contributed by atoms with E-state index in [0.717, 1.165) is 19.5 Å². The maximum absolute atomic E-state index is 13.3. The number of rotatable bonds is 5. The maximum atomic E-state index is 13.3. The summed E-state index contributed by atoms with van der Waals surface area (Å²) in [4.78, 5) is 19.1. The van der Waals surface area contributed by atoms with Gasteiger partial charge in [-0.05, 0) is 57.0 Å². The van der Waals surface area contributed by atoms with Crippen LogP contribution in [0.1, 0.15) is 55.5 Å². The zero-order chi connectivity index (χ0) is 37.7. The number of aromatic nitrogens is 8. The fraction of sp³-hybridized carbons (Fsp3) is 0.452. The second-order valence-corrected chi connectivity index (χ2v) is 14.4. The number of benzene rings is 2. The van der Waals surface area contributed by atoms with Crippen LogP contribution in [-0.4, -0.2) is 64.6 Å². The fourth-order valence-electron chi connectivity index (χ4n) is 5.92. The molecule has 0 saturated carbocycles. The van der Waals surface area contributed by atoms with Crippen LogP contribution in [0.15, 0.2) is 30.3 Å². The highest BCUT2D eigenvalue weighted by atomic mass is 35.5. The van der Waals surface area contributed by atoms with E-state index in [1.54, 1.807) is 32.9 Å². The van der Waals surface area contributed by atoms with Crippen molar-refractivity contribution in [3.8, 4) is 11.1 Å². The average molecular weight is 811 g/mol. The first-order chi connectivity index (χ1) is 24.3. The van der Waals surface area contributed by atoms with Gasteiger partial charge in [0.1, 0.15) is 24.0 Å². The van der Waals surface area contributed by atoms with Crippen LogP contribution in [0.2, 0.25) is 5.02 Å². The molecule has 0 unspecified atom stereocenters. The third-order valence-corrected chi connectivity index (χ3v) is 9.47. The summed E-state index contributed by atoms with van der Waals surface area (Å²) >= 11 is 7.48. The van der Waals surface area contributed by atoms with E-state index in [1.807, 2.05) is 30.0 Å². The SMILES string of the molecule is Cc1cc2nc(N3CC[n+]4c(nnn4C(F)(F)F)C3)sc2c(-c2ccc(Cl)cc2)c1[C@H](OC(C)(C)C)C(=O)O.Cl.FC(F)(F)c1nnc2n1CCNC2. The number of hydrogen-bond donors (Lipinski definition) is 2. The number of carboxylic acids is 1. The molecular weight excluding hydrogens is 777 g/mol. The van der Waals surface area contributed by atoms with Crippen molar-refractivity contribution >= 4 is 56.7 Å². The maximum Gasteiger partial charge on any atom is 0.545 e. The smallest absolute Gasteiger partial charge is 0.479 e. The molecule has 5 heterocycles. The second kappa shape index (κ2) is 15.0. The molecule has 2 aliphatic heterocycles. The van der Waals surface area contributed by atoms with Crippen LogP contribution in [0, 0.1) is 6.92 Å². The fourth-order valence-corrected chi connectivity index (χ4v) is 7.20. The summed E-state index contributed by atoms with van der Waals surface area (Å²) in [6.07, 6.45) is -10.3. The first-order valence-electron chi connectivity index (χ1n) is 15.8. The molecule has 22 heteroatoms. The summed E-state index contributed by atoms with van der Waals surface area (Å²) in [7, 11) is 0. The Morgan fingerprint density at radius 3 is 2.40 bits per heavy atom. The normalized spacial score (nSPS) is 15.3. The van der Waals surface area contributed by atoms with Crippen molar-refractivity contribution in [1.82, 2.24) is 40.2 Å². The predicted molar refractivity (Wildman–Crippen MR) is 183 cm³/mol. The lowest BCUT2D eigenvalue weighted by molar-refractivity contribution is -0.807. The minimum Gasteiger partial charge on any atom is -0.479 e. The van der Waals surface area contributed by atoms with Crippen molar-refractivity contribution in [2.24, 2.45) is 0 Å². The molecule has 0 spiro atoms. The number of thiazole rings is 1. The number of tetrazole rings is 1. The molecule has 5 aromatic rings. The molecule has 1 atom stereocenters. The van der Waals surface area contributed by atoms with Crippen LogP contribution in [0.25, 0.3) is 21.3 Å². The van der Waals surface area contributed by atoms with Crippen molar-refractivity contribution in [2.45, 2.75) is 78.1 Å². The van der Waals surface area contributed by atoms with Crippen molar-refractivity contribution in [2.75, 3.05) is 18.0 Å². The average Bonchev–Trinajstić information content (AvgIpc) is 3.79. The highest BCUT2D eigenvalue weighted by Crippen LogP contribution is 2.44. The zero-order valence-electron chi connectivity index (χ0n) is 28.5. The van der Waals surface area contributed by atoms with Gasteiger partial charge in [-0.15, -0.1) is 40.5 Å². The quantitative estimate of drug-likeness (QED) is 0.159. The predicted octanol–water partition coefficient (Wildman–Crippen LogP) is 6.06. The van der Waals surface area contributed by atoms with Gasteiger partial charge in [0, 0.05) is 34.0 Å². The standard InChI is InChI=1S/C25H24ClF3N6O3S.C6H7F3N4.ClH/c1-13-11-16-21(39-23(30-16)33-9-10-34-17(12-33)31-32-35(34)25(27,28)29)19(14-5-7-15(26)8-6-14)18(13)20(22(36)37)38-24(2,3)4;7-6(8,9)5-12-11-4-3-10-1-2-13(4)5;/h5-8,11,20H,9-10,12H2,1-4H3;10H,1-3H2;1H/p+1/t20-;;/m0../s1. The van der Waals surface area contributed by atoms with Gasteiger partial charge in [-0.3, -0.25) is 0 Å². The van der Waals surface area contributed by atoms with Crippen molar-refractivity contribution in [3.05, 3.63) is 64.0 Å². The molecule has 0 saturated heterocycles. The van der Waals surface area contributed by atoms with Gasteiger partial charge in [0.25, 0.3) is 0 Å². The van der Waals surface area contributed by atoms with Crippen LogP contribution in [0.4, 0.5) is 31.5 Å². The number of fused-ring (bicyclic) bond motifs is 3. The molecule has 2 aliphatic rings. The molecule has 0 bridgehead atoms. The van der Waals surface area contributed by atoms with Crippen LogP contribution in [0.5, 0.6) is 0 Å². The van der Waals surface area contributed by atoms with Crippen molar-refractivity contribution < 1.29 is 45.7 Å². The topological polar surface area (TPSA) is 140 Å². The number of carboxylic acid groups (broad SMARTS) is 1. The van der Waals surface area contributed by atoms with Gasteiger partial charge in [0.05, 0.1) is 28.9 Å². The molecular formula is C31H33Cl2F6N10O3S+. The largest absolute Gasteiger partial charge is 0.545 e. The van der Waals surface area contributed by atoms with Crippen LogP contribution in [0.3, 0.4) is 0 Å². The Morgan fingerprint density at radius 1 is 1.08 bits per heavy atom. The minimum atomic E-state index is -4.67. The monoisotopic (exact) mass is 809 g/mol. The number of carbonyl (C=O) groups is 1. The van der Waals surface area contributed by atoms with E-state index in [9.17, 15) is 36.2 Å². The van der Waals surface area contributed by atoms with Gasteiger partial charge in [0.15, 0.2) is 16.4 Å². The van der Waals surface area contributed by atoms with E-state index in [4.69, 9.17) is 21.3 Å². The molecule has 2 aromatic carbocycles. The molecule has 3 aromatic heterocycles. The molecule has 0 fully saturated rings. The molecule has 0 radical (unpaired) electrons. The van der Waals surface area contributed by atoms with Crippen molar-refractivity contribution in [3.63, 3.8) is 0 Å². The summed E-state index contributed by atoms with van der Waals surface area (Å²) in [5.74, 6) is -1.51.